The van der Waals surface area contributed by atoms with Crippen LogP contribution in [0.5, 0.6) is 0 Å². The molecule has 0 spiro atoms. The second-order valence-electron chi connectivity index (χ2n) is 3.84. The van der Waals surface area contributed by atoms with Crippen LogP contribution in [-0.2, 0) is 9.53 Å². The number of ether oxygens (including phenoxy) is 1. The monoisotopic (exact) mass is 290 g/mol. The molecule has 1 atom stereocenters. The van der Waals surface area contributed by atoms with Crippen molar-refractivity contribution in [3.63, 3.8) is 0 Å². The minimum absolute atomic E-state index is 0.0722. The number of carbonyl (C=O) groups excluding carboxylic acids is 2. The highest BCUT2D eigenvalue weighted by Crippen LogP contribution is 2.29. The van der Waals surface area contributed by atoms with Crippen molar-refractivity contribution in [2.75, 3.05) is 6.61 Å². The molecule has 0 radical (unpaired) electrons. The number of hydrogen-bond donors (Lipinski definition) is 0. The van der Waals surface area contributed by atoms with Gasteiger partial charge in [-0.05, 0) is 25.5 Å². The van der Waals surface area contributed by atoms with E-state index < -0.39 is 23.3 Å². The van der Waals surface area contributed by atoms with Gasteiger partial charge in [0.05, 0.1) is 12.2 Å². The summed E-state index contributed by atoms with van der Waals surface area (Å²) in [5.41, 5.74) is -0.405. The molecule has 6 heteroatoms. The Kier molecular flexibility index (Phi) is 5.42. The van der Waals surface area contributed by atoms with Gasteiger partial charge in [-0.2, -0.15) is 0 Å². The SMILES string of the molecule is CCOC(=O)c1cc(C(Cl)C(C)=O)ccc1C(F)F. The highest BCUT2D eigenvalue weighted by Gasteiger charge is 2.22. The van der Waals surface area contributed by atoms with E-state index in [-0.39, 0.29) is 18.0 Å². The molecule has 0 aromatic heterocycles. The molecule has 3 nitrogen and oxygen atoms in total. The third-order valence-electron chi connectivity index (χ3n) is 2.46. The Balaban J connectivity index is 3.25. The first kappa shape index (κ1) is 15.6. The topological polar surface area (TPSA) is 43.4 Å². The van der Waals surface area contributed by atoms with Crippen LogP contribution in [0.1, 0.15) is 47.1 Å². The molecule has 0 aliphatic heterocycles. The van der Waals surface area contributed by atoms with Gasteiger partial charge in [-0.1, -0.05) is 12.1 Å². The number of benzene rings is 1. The molecular formula is C13H13ClF2O3. The smallest absolute Gasteiger partial charge is 0.338 e. The van der Waals surface area contributed by atoms with E-state index in [1.807, 2.05) is 0 Å². The summed E-state index contributed by atoms with van der Waals surface area (Å²) in [4.78, 5) is 22.8. The molecule has 0 fully saturated rings. The van der Waals surface area contributed by atoms with Gasteiger partial charge in [-0.3, -0.25) is 4.79 Å². The molecule has 1 aromatic rings. The third-order valence-corrected chi connectivity index (χ3v) is 3.02. The molecule has 0 heterocycles. The molecule has 0 aliphatic carbocycles. The van der Waals surface area contributed by atoms with Gasteiger partial charge in [0.1, 0.15) is 5.38 Å². The van der Waals surface area contributed by atoms with Crippen molar-refractivity contribution < 1.29 is 23.1 Å². The highest BCUT2D eigenvalue weighted by molar-refractivity contribution is 6.30. The summed E-state index contributed by atoms with van der Waals surface area (Å²) in [6.07, 6.45) is -2.81. The van der Waals surface area contributed by atoms with E-state index in [0.717, 1.165) is 6.07 Å². The fourth-order valence-electron chi connectivity index (χ4n) is 1.54. The number of hydrogen-bond acceptors (Lipinski definition) is 3. The predicted octanol–water partition coefficient (Wildman–Crippen LogP) is 3.67. The molecule has 1 aromatic carbocycles. The maximum absolute atomic E-state index is 12.8. The minimum Gasteiger partial charge on any atom is -0.462 e. The maximum Gasteiger partial charge on any atom is 0.338 e. The van der Waals surface area contributed by atoms with E-state index in [9.17, 15) is 18.4 Å². The zero-order chi connectivity index (χ0) is 14.6. The Morgan fingerprint density at radius 3 is 2.47 bits per heavy atom. The van der Waals surface area contributed by atoms with Crippen LogP contribution in [0.25, 0.3) is 0 Å². The van der Waals surface area contributed by atoms with E-state index in [2.05, 4.69) is 0 Å². The molecule has 19 heavy (non-hydrogen) atoms. The average Bonchev–Trinajstić information content (AvgIpc) is 2.37. The number of halogens is 3. The summed E-state index contributed by atoms with van der Waals surface area (Å²) in [5, 5.41) is -0.972. The second-order valence-corrected chi connectivity index (χ2v) is 4.28. The van der Waals surface area contributed by atoms with E-state index in [1.54, 1.807) is 6.92 Å². The molecule has 0 amide bonds. The first-order chi connectivity index (χ1) is 8.88. The maximum atomic E-state index is 12.8. The summed E-state index contributed by atoms with van der Waals surface area (Å²) < 4.78 is 30.3. The van der Waals surface area contributed by atoms with Crippen LogP contribution in [0.15, 0.2) is 18.2 Å². The zero-order valence-electron chi connectivity index (χ0n) is 10.5. The van der Waals surface area contributed by atoms with Crippen molar-refractivity contribution in [2.45, 2.75) is 25.7 Å². The van der Waals surface area contributed by atoms with Gasteiger partial charge >= 0.3 is 5.97 Å². The molecule has 1 unspecified atom stereocenters. The van der Waals surface area contributed by atoms with Crippen LogP contribution >= 0.6 is 11.6 Å². The largest absolute Gasteiger partial charge is 0.462 e. The standard InChI is InChI=1S/C13H13ClF2O3/c1-3-19-13(18)10-6-8(11(14)7(2)17)4-5-9(10)12(15)16/h4-6,11-12H,3H2,1-2H3. The molecule has 104 valence electrons. The van der Waals surface area contributed by atoms with E-state index in [0.29, 0.717) is 5.56 Å². The lowest BCUT2D eigenvalue weighted by Gasteiger charge is -2.12. The summed E-state index contributed by atoms with van der Waals surface area (Å²) in [5.74, 6) is -1.19. The van der Waals surface area contributed by atoms with Crippen LogP contribution in [-0.4, -0.2) is 18.4 Å². The molecule has 0 bridgehead atoms. The lowest BCUT2D eigenvalue weighted by Crippen LogP contribution is -2.11. The van der Waals surface area contributed by atoms with Crippen molar-refractivity contribution in [2.24, 2.45) is 0 Å². The lowest BCUT2D eigenvalue weighted by atomic mass is 10.0. The van der Waals surface area contributed by atoms with Crippen molar-refractivity contribution in [3.05, 3.63) is 34.9 Å². The van der Waals surface area contributed by atoms with Crippen LogP contribution in [0, 0.1) is 0 Å². The summed E-state index contributed by atoms with van der Waals surface area (Å²) in [7, 11) is 0. The normalized spacial score (nSPS) is 12.3. The quantitative estimate of drug-likeness (QED) is 0.614. The number of carbonyl (C=O) groups is 2. The molecule has 0 aliphatic rings. The Morgan fingerprint density at radius 2 is 2.00 bits per heavy atom. The van der Waals surface area contributed by atoms with Crippen LogP contribution < -0.4 is 0 Å². The van der Waals surface area contributed by atoms with Gasteiger partial charge in [0.15, 0.2) is 5.78 Å². The van der Waals surface area contributed by atoms with Gasteiger partial charge in [0.2, 0.25) is 0 Å². The fraction of sp³-hybridized carbons (Fsp3) is 0.385. The number of alkyl halides is 3. The van der Waals surface area contributed by atoms with Gasteiger partial charge in [-0.15, -0.1) is 11.6 Å². The Hall–Kier alpha value is -1.49. The third kappa shape index (κ3) is 3.73. The van der Waals surface area contributed by atoms with Gasteiger partial charge in [0.25, 0.3) is 6.43 Å². The van der Waals surface area contributed by atoms with Crippen molar-refractivity contribution in [3.8, 4) is 0 Å². The first-order valence-electron chi connectivity index (χ1n) is 5.62. The van der Waals surface area contributed by atoms with E-state index >= 15 is 0 Å². The first-order valence-corrected chi connectivity index (χ1v) is 6.05. The molecule has 0 saturated carbocycles. The molecule has 0 N–H and O–H groups in total. The Morgan fingerprint density at radius 1 is 1.37 bits per heavy atom. The van der Waals surface area contributed by atoms with Crippen LogP contribution in [0.2, 0.25) is 0 Å². The number of Topliss-reactive ketones (excluding diaryl/α,β-unsaturated/α-hetero) is 1. The number of ketones is 1. The molecular weight excluding hydrogens is 278 g/mol. The predicted molar refractivity (Wildman–Crippen MR) is 66.6 cm³/mol. The van der Waals surface area contributed by atoms with Gasteiger partial charge in [-0.25, -0.2) is 13.6 Å². The van der Waals surface area contributed by atoms with E-state index in [1.165, 1.54) is 19.1 Å². The van der Waals surface area contributed by atoms with Crippen molar-refractivity contribution >= 4 is 23.4 Å². The molecule has 0 saturated heterocycles. The van der Waals surface area contributed by atoms with Gasteiger partial charge in [0, 0.05) is 5.56 Å². The van der Waals surface area contributed by atoms with Gasteiger partial charge < -0.3 is 4.74 Å². The Labute approximate surface area is 114 Å². The van der Waals surface area contributed by atoms with E-state index in [4.69, 9.17) is 16.3 Å². The fourth-order valence-corrected chi connectivity index (χ4v) is 1.68. The Bertz CT molecular complexity index is 489. The van der Waals surface area contributed by atoms with Crippen molar-refractivity contribution in [1.29, 1.82) is 0 Å². The average molecular weight is 291 g/mol. The minimum atomic E-state index is -2.81. The molecule has 1 rings (SSSR count). The van der Waals surface area contributed by atoms with Crippen molar-refractivity contribution in [1.82, 2.24) is 0 Å². The zero-order valence-corrected chi connectivity index (χ0v) is 11.2. The number of rotatable bonds is 5. The summed E-state index contributed by atoms with van der Waals surface area (Å²) in [6, 6.07) is 3.58. The van der Waals surface area contributed by atoms with Crippen LogP contribution in [0.4, 0.5) is 8.78 Å². The second kappa shape index (κ2) is 6.61. The lowest BCUT2D eigenvalue weighted by molar-refractivity contribution is -0.116. The highest BCUT2D eigenvalue weighted by atomic mass is 35.5. The number of esters is 1. The van der Waals surface area contributed by atoms with Crippen LogP contribution in [0.3, 0.4) is 0 Å². The summed E-state index contributed by atoms with van der Waals surface area (Å²) in [6.45, 7) is 2.93. The summed E-state index contributed by atoms with van der Waals surface area (Å²) >= 11 is 5.84.